The van der Waals surface area contributed by atoms with E-state index in [4.69, 9.17) is 0 Å². The Kier molecular flexibility index (Phi) is 8.73. The van der Waals surface area contributed by atoms with E-state index in [1.54, 1.807) is 8.61 Å². The van der Waals surface area contributed by atoms with Crippen LogP contribution in [0.5, 0.6) is 0 Å². The van der Waals surface area contributed by atoms with Crippen LogP contribution in [0.3, 0.4) is 0 Å². The van der Waals surface area contributed by atoms with Crippen molar-refractivity contribution in [2.24, 2.45) is 0 Å². The number of carbonyl (C=O) groups is 1. The highest BCUT2D eigenvalue weighted by Crippen LogP contribution is 2.18. The van der Waals surface area contributed by atoms with Crippen molar-refractivity contribution in [2.75, 3.05) is 26.2 Å². The second-order valence-electron chi connectivity index (χ2n) is 7.13. The lowest BCUT2D eigenvalue weighted by molar-refractivity contribution is -0.122. The number of hydrogen-bond donors (Lipinski definition) is 1. The maximum Gasteiger partial charge on any atom is 0.281 e. The van der Waals surface area contributed by atoms with Gasteiger partial charge in [-0.2, -0.15) is 17.0 Å². The highest BCUT2D eigenvalue weighted by molar-refractivity contribution is 7.86. The highest BCUT2D eigenvalue weighted by Gasteiger charge is 2.32. The Labute approximate surface area is 164 Å². The molecule has 1 aliphatic heterocycles. The molecule has 27 heavy (non-hydrogen) atoms. The fourth-order valence-corrected chi connectivity index (χ4v) is 5.26. The van der Waals surface area contributed by atoms with Gasteiger partial charge in [0.15, 0.2) is 0 Å². The van der Waals surface area contributed by atoms with Crippen molar-refractivity contribution in [3.05, 3.63) is 35.9 Å². The zero-order chi connectivity index (χ0) is 19.7. The molecule has 0 bridgehead atoms. The Balaban J connectivity index is 1.79. The van der Waals surface area contributed by atoms with Gasteiger partial charge in [-0.15, -0.1) is 0 Å². The zero-order valence-corrected chi connectivity index (χ0v) is 17.4. The summed E-state index contributed by atoms with van der Waals surface area (Å²) in [6.45, 7) is 6.05. The van der Waals surface area contributed by atoms with Crippen LogP contribution in [0, 0.1) is 0 Å². The summed E-state index contributed by atoms with van der Waals surface area (Å²) in [4.78, 5) is 12.2. The molecule has 0 aliphatic carbocycles. The molecule has 0 saturated carbocycles. The smallest absolute Gasteiger partial charge is 0.281 e. The number of aryl methyl sites for hydroxylation is 1. The number of hydrogen-bond acceptors (Lipinski definition) is 3. The monoisotopic (exact) mass is 395 g/mol. The molecule has 1 aromatic carbocycles. The van der Waals surface area contributed by atoms with Crippen LogP contribution in [0.25, 0.3) is 0 Å². The Morgan fingerprint density at radius 1 is 1.11 bits per heavy atom. The molecule has 1 N–H and O–H groups in total. The molecule has 0 aromatic heterocycles. The molecule has 1 saturated heterocycles. The van der Waals surface area contributed by atoms with Crippen LogP contribution in [0.2, 0.25) is 0 Å². The molecular formula is C20H33N3O3S. The number of amides is 1. The van der Waals surface area contributed by atoms with Crippen molar-refractivity contribution in [1.29, 1.82) is 0 Å². The van der Waals surface area contributed by atoms with Crippen LogP contribution in [0.1, 0.15) is 51.5 Å². The first-order valence-corrected chi connectivity index (χ1v) is 11.5. The molecule has 6 nitrogen and oxygen atoms in total. The second-order valence-corrected chi connectivity index (χ2v) is 9.06. The maximum atomic E-state index is 12.8. The van der Waals surface area contributed by atoms with Gasteiger partial charge in [-0.3, -0.25) is 4.79 Å². The minimum atomic E-state index is -3.39. The lowest BCUT2D eigenvalue weighted by Gasteiger charge is -2.35. The number of carbonyl (C=O) groups excluding carboxylic acids is 1. The van der Waals surface area contributed by atoms with Crippen LogP contribution in [-0.2, 0) is 21.4 Å². The minimum Gasteiger partial charge on any atom is -0.353 e. The van der Waals surface area contributed by atoms with E-state index in [1.807, 2.05) is 44.2 Å². The fourth-order valence-electron chi connectivity index (χ4n) is 3.44. The maximum absolute atomic E-state index is 12.8. The van der Waals surface area contributed by atoms with Crippen molar-refractivity contribution < 1.29 is 13.2 Å². The summed E-state index contributed by atoms with van der Waals surface area (Å²) < 4.78 is 28.8. The summed E-state index contributed by atoms with van der Waals surface area (Å²) in [6.07, 6.45) is 4.15. The molecule has 0 atom stereocenters. The van der Waals surface area contributed by atoms with Gasteiger partial charge in [0.05, 0.1) is 0 Å². The molecule has 2 rings (SSSR count). The first-order valence-electron chi connectivity index (χ1n) is 10.1. The van der Waals surface area contributed by atoms with Gasteiger partial charge in [0.25, 0.3) is 10.2 Å². The number of benzene rings is 1. The third-order valence-corrected chi connectivity index (χ3v) is 6.94. The van der Waals surface area contributed by atoms with Crippen molar-refractivity contribution in [1.82, 2.24) is 13.9 Å². The molecule has 1 amide bonds. The largest absolute Gasteiger partial charge is 0.353 e. The fraction of sp³-hybridized carbons (Fsp3) is 0.650. The van der Waals surface area contributed by atoms with E-state index in [-0.39, 0.29) is 11.9 Å². The quantitative estimate of drug-likeness (QED) is 0.662. The van der Waals surface area contributed by atoms with Crippen LogP contribution < -0.4 is 5.32 Å². The molecule has 1 aromatic rings. The highest BCUT2D eigenvalue weighted by atomic mass is 32.2. The van der Waals surface area contributed by atoms with E-state index in [0.29, 0.717) is 45.4 Å². The van der Waals surface area contributed by atoms with E-state index in [9.17, 15) is 13.2 Å². The predicted octanol–water partition coefficient (Wildman–Crippen LogP) is 2.57. The van der Waals surface area contributed by atoms with Gasteiger partial charge in [0.2, 0.25) is 5.91 Å². The number of piperidine rings is 1. The van der Waals surface area contributed by atoms with E-state index >= 15 is 0 Å². The van der Waals surface area contributed by atoms with Gasteiger partial charge < -0.3 is 5.32 Å². The van der Waals surface area contributed by atoms with Gasteiger partial charge in [-0.1, -0.05) is 44.2 Å². The first kappa shape index (κ1) is 21.9. The summed E-state index contributed by atoms with van der Waals surface area (Å²) in [5.41, 5.74) is 1.15. The number of rotatable bonds is 10. The lowest BCUT2D eigenvalue weighted by atomic mass is 10.1. The lowest BCUT2D eigenvalue weighted by Crippen LogP contribution is -2.51. The SMILES string of the molecule is CCCN(CCC)S(=O)(=O)N1CCC(NC(=O)CCc2ccccc2)CC1. The van der Waals surface area contributed by atoms with E-state index in [0.717, 1.165) is 24.8 Å². The summed E-state index contributed by atoms with van der Waals surface area (Å²) >= 11 is 0. The number of nitrogens with zero attached hydrogens (tertiary/aromatic N) is 2. The molecule has 7 heteroatoms. The summed E-state index contributed by atoms with van der Waals surface area (Å²) in [5.74, 6) is 0.0405. The van der Waals surface area contributed by atoms with Crippen LogP contribution in [0.15, 0.2) is 30.3 Å². The van der Waals surface area contributed by atoms with Crippen LogP contribution >= 0.6 is 0 Å². The third kappa shape index (κ3) is 6.59. The van der Waals surface area contributed by atoms with Gasteiger partial charge in [-0.05, 0) is 37.7 Å². The van der Waals surface area contributed by atoms with Crippen molar-refractivity contribution in [3.8, 4) is 0 Å². The summed E-state index contributed by atoms with van der Waals surface area (Å²) in [7, 11) is -3.39. The summed E-state index contributed by atoms with van der Waals surface area (Å²) in [5, 5.41) is 3.07. The van der Waals surface area contributed by atoms with E-state index in [2.05, 4.69) is 5.32 Å². The third-order valence-electron chi connectivity index (χ3n) is 4.90. The Morgan fingerprint density at radius 3 is 2.26 bits per heavy atom. The Morgan fingerprint density at radius 2 is 1.70 bits per heavy atom. The van der Waals surface area contributed by atoms with Crippen molar-refractivity contribution in [2.45, 2.75) is 58.4 Å². The average Bonchev–Trinajstić information content (AvgIpc) is 2.67. The van der Waals surface area contributed by atoms with Gasteiger partial charge in [0, 0.05) is 38.6 Å². The van der Waals surface area contributed by atoms with Crippen LogP contribution in [-0.4, -0.2) is 55.2 Å². The zero-order valence-electron chi connectivity index (χ0n) is 16.6. The van der Waals surface area contributed by atoms with Crippen molar-refractivity contribution in [3.63, 3.8) is 0 Å². The summed E-state index contributed by atoms with van der Waals surface area (Å²) in [6, 6.07) is 10.0. The Hall–Kier alpha value is -1.44. The molecule has 0 radical (unpaired) electrons. The molecule has 1 heterocycles. The molecule has 0 spiro atoms. The molecule has 152 valence electrons. The molecule has 1 fully saturated rings. The van der Waals surface area contributed by atoms with Gasteiger partial charge in [0.1, 0.15) is 0 Å². The number of nitrogens with one attached hydrogen (secondary N) is 1. The predicted molar refractivity (Wildman–Crippen MR) is 109 cm³/mol. The second kappa shape index (κ2) is 10.8. The topological polar surface area (TPSA) is 69.7 Å². The van der Waals surface area contributed by atoms with Gasteiger partial charge in [-0.25, -0.2) is 0 Å². The van der Waals surface area contributed by atoms with E-state index in [1.165, 1.54) is 0 Å². The molecule has 0 unspecified atom stereocenters. The van der Waals surface area contributed by atoms with Gasteiger partial charge >= 0.3 is 0 Å². The minimum absolute atomic E-state index is 0.0405. The standard InChI is InChI=1S/C20H33N3O3S/c1-3-14-22(15-4-2)27(25,26)23-16-12-19(13-17-23)21-20(24)11-10-18-8-6-5-7-9-18/h5-9,19H,3-4,10-17H2,1-2H3,(H,21,24). The normalized spacial score (nSPS) is 16.6. The van der Waals surface area contributed by atoms with Crippen molar-refractivity contribution >= 4 is 16.1 Å². The van der Waals surface area contributed by atoms with E-state index < -0.39 is 10.2 Å². The molecule has 1 aliphatic rings. The van der Waals surface area contributed by atoms with Crippen LogP contribution in [0.4, 0.5) is 0 Å². The average molecular weight is 396 g/mol. The molecular weight excluding hydrogens is 362 g/mol. The Bertz CT molecular complexity index is 665. The first-order chi connectivity index (χ1) is 13.0.